The second kappa shape index (κ2) is 3.37. The summed E-state index contributed by atoms with van der Waals surface area (Å²) in [6.45, 7) is 2.03. The van der Waals surface area contributed by atoms with Crippen LogP contribution in [0, 0.1) is 6.92 Å². The Kier molecular flexibility index (Phi) is 1.89. The van der Waals surface area contributed by atoms with E-state index in [1.165, 1.54) is 0 Å². The average molecular weight is 213 g/mol. The van der Waals surface area contributed by atoms with Crippen LogP contribution < -0.4 is 5.43 Å². The summed E-state index contributed by atoms with van der Waals surface area (Å²) in [5, 5.41) is 4.32. The monoisotopic (exact) mass is 213 g/mol. The first-order valence-corrected chi connectivity index (χ1v) is 5.04. The molecule has 16 heavy (non-hydrogen) atoms. The summed E-state index contributed by atoms with van der Waals surface area (Å²) in [6.07, 6.45) is 5.75. The Morgan fingerprint density at radius 2 is 2.00 bits per heavy atom. The number of hydrogen-bond acceptors (Lipinski definition) is 3. The van der Waals surface area contributed by atoms with Gasteiger partial charge in [0.1, 0.15) is 0 Å². The van der Waals surface area contributed by atoms with Gasteiger partial charge in [-0.15, -0.1) is 5.10 Å². The molecule has 0 unspecified atom stereocenters. The molecule has 5 heteroatoms. The molecule has 0 atom stereocenters. The highest BCUT2D eigenvalue weighted by Crippen LogP contribution is 2.07. The predicted octanol–water partition coefficient (Wildman–Crippen LogP) is 1.71. The van der Waals surface area contributed by atoms with Gasteiger partial charge in [-0.3, -0.25) is 10.1 Å². The summed E-state index contributed by atoms with van der Waals surface area (Å²) in [7, 11) is 0. The zero-order valence-corrected chi connectivity index (χ0v) is 8.83. The molecule has 80 valence electrons. The molecule has 3 rings (SSSR count). The quantitative estimate of drug-likeness (QED) is 0.705. The van der Waals surface area contributed by atoms with E-state index >= 15 is 0 Å². The molecule has 0 aromatic carbocycles. The van der Waals surface area contributed by atoms with Crippen LogP contribution in [0.1, 0.15) is 5.56 Å². The number of fused-ring (bicyclic) bond motifs is 1. The molecule has 3 heterocycles. The summed E-state index contributed by atoms with van der Waals surface area (Å²) in [5.41, 5.74) is 5.06. The van der Waals surface area contributed by atoms with E-state index in [0.29, 0.717) is 5.95 Å². The van der Waals surface area contributed by atoms with Crippen molar-refractivity contribution in [2.24, 2.45) is 0 Å². The van der Waals surface area contributed by atoms with Crippen molar-refractivity contribution in [2.75, 3.05) is 5.43 Å². The minimum absolute atomic E-state index is 0.585. The van der Waals surface area contributed by atoms with Crippen molar-refractivity contribution in [3.05, 3.63) is 48.4 Å². The third-order valence-corrected chi connectivity index (χ3v) is 2.31. The van der Waals surface area contributed by atoms with Crippen molar-refractivity contribution < 1.29 is 0 Å². The number of nitrogens with zero attached hydrogens (tertiary/aromatic N) is 4. The first kappa shape index (κ1) is 8.96. The molecule has 0 amide bonds. The largest absolute Gasteiger partial charge is 0.268 e. The van der Waals surface area contributed by atoms with Gasteiger partial charge in [0.25, 0.3) is 5.95 Å². The Balaban J connectivity index is 1.99. The lowest BCUT2D eigenvalue weighted by Gasteiger charge is -2.00. The lowest BCUT2D eigenvalue weighted by atomic mass is 10.3. The normalized spacial score (nSPS) is 10.8. The molecule has 0 fully saturated rings. The predicted molar refractivity (Wildman–Crippen MR) is 61.2 cm³/mol. The second-order valence-corrected chi connectivity index (χ2v) is 3.65. The maximum atomic E-state index is 4.35. The standard InChI is InChI=1S/C11H11N5/c1-9-4-5-10-12-11(14-16(10)8-9)13-15-6-2-3-7-15/h2-8H,1H3,(H,13,14). The van der Waals surface area contributed by atoms with Crippen LogP contribution in [0.3, 0.4) is 0 Å². The van der Waals surface area contributed by atoms with Gasteiger partial charge in [-0.2, -0.15) is 4.98 Å². The van der Waals surface area contributed by atoms with Gasteiger partial charge in [0.05, 0.1) is 0 Å². The number of rotatable bonds is 2. The Morgan fingerprint density at radius 3 is 2.81 bits per heavy atom. The molecule has 0 saturated heterocycles. The summed E-state index contributed by atoms with van der Waals surface area (Å²) in [5.74, 6) is 0.585. The van der Waals surface area contributed by atoms with Crippen LogP contribution >= 0.6 is 0 Å². The highest BCUT2D eigenvalue weighted by atomic mass is 15.5. The highest BCUT2D eigenvalue weighted by Gasteiger charge is 2.02. The first-order valence-electron chi connectivity index (χ1n) is 5.04. The van der Waals surface area contributed by atoms with Crippen molar-refractivity contribution in [3.8, 4) is 0 Å². The fraction of sp³-hybridized carbons (Fsp3) is 0.0909. The van der Waals surface area contributed by atoms with Crippen LogP contribution in [-0.2, 0) is 0 Å². The van der Waals surface area contributed by atoms with Crippen molar-refractivity contribution in [1.29, 1.82) is 0 Å². The molecule has 0 saturated carbocycles. The van der Waals surface area contributed by atoms with Gasteiger partial charge in [-0.05, 0) is 30.7 Å². The van der Waals surface area contributed by atoms with Gasteiger partial charge >= 0.3 is 0 Å². The number of aromatic nitrogens is 4. The number of pyridine rings is 1. The van der Waals surface area contributed by atoms with Crippen LogP contribution in [0.5, 0.6) is 0 Å². The van der Waals surface area contributed by atoms with E-state index in [1.54, 1.807) is 4.52 Å². The lowest BCUT2D eigenvalue weighted by molar-refractivity contribution is 0.899. The van der Waals surface area contributed by atoms with E-state index in [-0.39, 0.29) is 0 Å². The molecule has 0 aliphatic heterocycles. The summed E-state index contributed by atoms with van der Waals surface area (Å²) in [4.78, 5) is 4.35. The minimum Gasteiger partial charge on any atom is -0.268 e. The minimum atomic E-state index is 0.585. The Bertz CT molecular complexity index is 608. The molecule has 3 aromatic heterocycles. The fourth-order valence-corrected chi connectivity index (χ4v) is 1.56. The second-order valence-electron chi connectivity index (χ2n) is 3.65. The van der Waals surface area contributed by atoms with E-state index in [0.717, 1.165) is 11.2 Å². The molecular formula is C11H11N5. The third kappa shape index (κ3) is 1.52. The zero-order valence-electron chi connectivity index (χ0n) is 8.83. The molecule has 0 aliphatic carbocycles. The topological polar surface area (TPSA) is 47.2 Å². The molecule has 0 aliphatic rings. The van der Waals surface area contributed by atoms with Gasteiger partial charge < -0.3 is 0 Å². The van der Waals surface area contributed by atoms with Crippen LogP contribution in [0.2, 0.25) is 0 Å². The Morgan fingerprint density at radius 1 is 1.19 bits per heavy atom. The molecular weight excluding hydrogens is 202 g/mol. The maximum Gasteiger partial charge on any atom is 0.262 e. The number of nitrogens with one attached hydrogen (secondary N) is 1. The van der Waals surface area contributed by atoms with Crippen molar-refractivity contribution in [1.82, 2.24) is 19.3 Å². The molecule has 3 aromatic rings. The SMILES string of the molecule is Cc1ccc2nc(Nn3cccc3)nn2c1. The third-order valence-electron chi connectivity index (χ3n) is 2.31. The van der Waals surface area contributed by atoms with E-state index in [9.17, 15) is 0 Å². The number of aryl methyl sites for hydroxylation is 1. The summed E-state index contributed by atoms with van der Waals surface area (Å²) >= 11 is 0. The summed E-state index contributed by atoms with van der Waals surface area (Å²) in [6, 6.07) is 7.84. The lowest BCUT2D eigenvalue weighted by Crippen LogP contribution is -2.07. The maximum absolute atomic E-state index is 4.35. The fourth-order valence-electron chi connectivity index (χ4n) is 1.56. The Hall–Kier alpha value is -2.30. The zero-order chi connectivity index (χ0) is 11.0. The highest BCUT2D eigenvalue weighted by molar-refractivity contribution is 5.43. The van der Waals surface area contributed by atoms with Gasteiger partial charge in [0.15, 0.2) is 5.65 Å². The van der Waals surface area contributed by atoms with E-state index in [4.69, 9.17) is 0 Å². The van der Waals surface area contributed by atoms with Crippen molar-refractivity contribution in [3.63, 3.8) is 0 Å². The van der Waals surface area contributed by atoms with E-state index in [1.807, 2.05) is 54.5 Å². The van der Waals surface area contributed by atoms with Gasteiger partial charge in [0, 0.05) is 18.6 Å². The molecule has 0 radical (unpaired) electrons. The van der Waals surface area contributed by atoms with Crippen molar-refractivity contribution in [2.45, 2.75) is 6.92 Å². The van der Waals surface area contributed by atoms with Crippen LogP contribution in [-0.4, -0.2) is 19.3 Å². The van der Waals surface area contributed by atoms with Gasteiger partial charge in [-0.25, -0.2) is 4.52 Å². The average Bonchev–Trinajstić information content (AvgIpc) is 2.86. The van der Waals surface area contributed by atoms with Crippen LogP contribution in [0.15, 0.2) is 42.9 Å². The number of hydrogen-bond donors (Lipinski definition) is 1. The first-order chi connectivity index (χ1) is 7.81. The smallest absolute Gasteiger partial charge is 0.262 e. The van der Waals surface area contributed by atoms with Crippen LogP contribution in [0.4, 0.5) is 5.95 Å². The summed E-state index contributed by atoms with van der Waals surface area (Å²) < 4.78 is 3.57. The Labute approximate surface area is 92.3 Å². The molecule has 0 spiro atoms. The van der Waals surface area contributed by atoms with E-state index < -0.39 is 0 Å². The molecule has 0 bridgehead atoms. The molecule has 5 nitrogen and oxygen atoms in total. The van der Waals surface area contributed by atoms with Gasteiger partial charge in [0.2, 0.25) is 0 Å². The van der Waals surface area contributed by atoms with E-state index in [2.05, 4.69) is 15.5 Å². The van der Waals surface area contributed by atoms with Gasteiger partial charge in [-0.1, -0.05) is 6.07 Å². The van der Waals surface area contributed by atoms with Crippen molar-refractivity contribution >= 4 is 11.6 Å². The number of anilines is 1. The molecule has 1 N–H and O–H groups in total. The van der Waals surface area contributed by atoms with Crippen LogP contribution in [0.25, 0.3) is 5.65 Å².